The zero-order valence-corrected chi connectivity index (χ0v) is 8.77. The van der Waals surface area contributed by atoms with E-state index in [4.69, 9.17) is 5.11 Å². The van der Waals surface area contributed by atoms with Crippen LogP contribution in [0.15, 0.2) is 0 Å². The summed E-state index contributed by atoms with van der Waals surface area (Å²) in [4.78, 5) is 10.7. The summed E-state index contributed by atoms with van der Waals surface area (Å²) in [7, 11) is -3.36. The first-order chi connectivity index (χ1) is 5.99. The van der Waals surface area contributed by atoms with Crippen molar-refractivity contribution in [2.24, 2.45) is 0 Å². The van der Waals surface area contributed by atoms with E-state index in [0.29, 0.717) is 5.75 Å². The normalized spacial score (nSPS) is 24.8. The number of thioether (sulfide) groups is 1. The smallest absolute Gasteiger partial charge is 0.322 e. The maximum atomic E-state index is 11.4. The Morgan fingerprint density at radius 3 is 2.77 bits per heavy atom. The molecule has 1 aliphatic heterocycles. The number of carboxylic acid groups (broad SMARTS) is 1. The highest BCUT2D eigenvalue weighted by molar-refractivity contribution is 8.00. The van der Waals surface area contributed by atoms with Gasteiger partial charge in [0.1, 0.15) is 6.04 Å². The molecule has 1 N–H and O–H groups in total. The molecule has 0 bridgehead atoms. The summed E-state index contributed by atoms with van der Waals surface area (Å²) in [6.07, 6.45) is 0. The lowest BCUT2D eigenvalue weighted by atomic mass is 10.4. The zero-order valence-electron chi connectivity index (χ0n) is 7.13. The van der Waals surface area contributed by atoms with Crippen LogP contribution >= 0.6 is 11.8 Å². The Morgan fingerprint density at radius 1 is 1.69 bits per heavy atom. The molecule has 1 fully saturated rings. The summed E-state index contributed by atoms with van der Waals surface area (Å²) in [6.45, 7) is 1.51. The minimum absolute atomic E-state index is 0.0443. The predicted octanol–water partition coefficient (Wildman–Crippen LogP) is -0.204. The maximum absolute atomic E-state index is 11.4. The van der Waals surface area contributed by atoms with Crippen molar-refractivity contribution in [3.63, 3.8) is 0 Å². The number of carboxylic acids is 1. The summed E-state index contributed by atoms with van der Waals surface area (Å²) >= 11 is 1.33. The van der Waals surface area contributed by atoms with E-state index in [2.05, 4.69) is 0 Å². The molecule has 0 aromatic carbocycles. The van der Waals surface area contributed by atoms with Gasteiger partial charge in [-0.1, -0.05) is 0 Å². The fourth-order valence-electron chi connectivity index (χ4n) is 1.06. The third-order valence-electron chi connectivity index (χ3n) is 1.85. The van der Waals surface area contributed by atoms with Crippen LogP contribution in [0.5, 0.6) is 0 Å². The van der Waals surface area contributed by atoms with E-state index in [-0.39, 0.29) is 11.6 Å². The quantitative estimate of drug-likeness (QED) is 0.719. The fourth-order valence-corrected chi connectivity index (χ4v) is 3.92. The molecule has 0 saturated carbocycles. The van der Waals surface area contributed by atoms with Crippen molar-refractivity contribution in [3.05, 3.63) is 0 Å². The van der Waals surface area contributed by atoms with Crippen LogP contribution in [0.4, 0.5) is 0 Å². The molecular formula is C6H11NO4S2. The van der Waals surface area contributed by atoms with Gasteiger partial charge in [0.25, 0.3) is 0 Å². The zero-order chi connectivity index (χ0) is 10.1. The van der Waals surface area contributed by atoms with Crippen LogP contribution in [0.25, 0.3) is 0 Å². The summed E-state index contributed by atoms with van der Waals surface area (Å²) in [5.41, 5.74) is 0. The average Bonchev–Trinajstić information content (AvgIpc) is 2.52. The van der Waals surface area contributed by atoms with Gasteiger partial charge >= 0.3 is 5.97 Å². The molecule has 0 aliphatic carbocycles. The Labute approximate surface area is 81.2 Å². The summed E-state index contributed by atoms with van der Waals surface area (Å²) in [6, 6.07) is -0.880. The lowest BCUT2D eigenvalue weighted by Gasteiger charge is -2.18. The molecule has 0 radical (unpaired) electrons. The Bertz CT molecular complexity index is 300. The molecule has 13 heavy (non-hydrogen) atoms. The highest BCUT2D eigenvalue weighted by Gasteiger charge is 2.38. The third-order valence-corrected chi connectivity index (χ3v) is 4.85. The molecule has 76 valence electrons. The molecular weight excluding hydrogens is 214 g/mol. The lowest BCUT2D eigenvalue weighted by molar-refractivity contribution is -0.140. The van der Waals surface area contributed by atoms with E-state index in [9.17, 15) is 13.2 Å². The van der Waals surface area contributed by atoms with Crippen LogP contribution in [0.1, 0.15) is 6.92 Å². The molecule has 1 saturated heterocycles. The first-order valence-electron chi connectivity index (χ1n) is 3.79. The minimum atomic E-state index is -3.36. The Kier molecular flexibility index (Phi) is 3.20. The van der Waals surface area contributed by atoms with E-state index >= 15 is 0 Å². The number of rotatable bonds is 3. The summed E-state index contributed by atoms with van der Waals surface area (Å²) < 4.78 is 23.8. The van der Waals surface area contributed by atoms with Crippen molar-refractivity contribution in [2.45, 2.75) is 13.0 Å². The van der Waals surface area contributed by atoms with Gasteiger partial charge in [-0.15, -0.1) is 11.8 Å². The number of hydrogen-bond acceptors (Lipinski definition) is 4. The van der Waals surface area contributed by atoms with Crippen molar-refractivity contribution in [1.29, 1.82) is 0 Å². The van der Waals surface area contributed by atoms with Crippen LogP contribution in [0.3, 0.4) is 0 Å². The fraction of sp³-hybridized carbons (Fsp3) is 0.833. The van der Waals surface area contributed by atoms with E-state index in [0.717, 1.165) is 4.31 Å². The number of carbonyl (C=O) groups is 1. The highest BCUT2D eigenvalue weighted by Crippen LogP contribution is 2.24. The molecule has 0 aromatic heterocycles. The molecule has 1 heterocycles. The molecule has 0 spiro atoms. The van der Waals surface area contributed by atoms with Gasteiger partial charge in [-0.2, -0.15) is 4.31 Å². The SMILES string of the molecule is CCS(=O)(=O)N1CSC[C@@H]1C(=O)O. The number of sulfonamides is 1. The molecule has 1 aliphatic rings. The monoisotopic (exact) mass is 225 g/mol. The van der Waals surface area contributed by atoms with Crippen molar-refractivity contribution in [1.82, 2.24) is 4.31 Å². The standard InChI is InChI=1S/C6H11NO4S2/c1-2-13(10,11)7-4-12-3-5(7)6(8)9/h5H,2-4H2,1H3,(H,8,9)/t5-/m1/s1. The van der Waals surface area contributed by atoms with Crippen LogP contribution < -0.4 is 0 Å². The van der Waals surface area contributed by atoms with Crippen molar-refractivity contribution >= 4 is 27.8 Å². The van der Waals surface area contributed by atoms with Crippen molar-refractivity contribution in [2.75, 3.05) is 17.4 Å². The van der Waals surface area contributed by atoms with Gasteiger partial charge in [0.2, 0.25) is 10.0 Å². The van der Waals surface area contributed by atoms with Crippen molar-refractivity contribution in [3.8, 4) is 0 Å². The largest absolute Gasteiger partial charge is 0.480 e. The maximum Gasteiger partial charge on any atom is 0.322 e. The lowest BCUT2D eigenvalue weighted by Crippen LogP contribution is -2.42. The van der Waals surface area contributed by atoms with Crippen LogP contribution in [0, 0.1) is 0 Å². The number of aliphatic carboxylic acids is 1. The topological polar surface area (TPSA) is 74.7 Å². The van der Waals surface area contributed by atoms with Gasteiger partial charge in [0.15, 0.2) is 0 Å². The summed E-state index contributed by atoms with van der Waals surface area (Å²) in [5, 5.41) is 8.72. The van der Waals surface area contributed by atoms with Gasteiger partial charge in [-0.25, -0.2) is 8.42 Å². The van der Waals surface area contributed by atoms with Gasteiger partial charge < -0.3 is 5.11 Å². The van der Waals surface area contributed by atoms with Crippen LogP contribution in [-0.4, -0.2) is 47.2 Å². The van der Waals surface area contributed by atoms with Gasteiger partial charge in [-0.3, -0.25) is 4.79 Å². The second kappa shape index (κ2) is 3.85. The minimum Gasteiger partial charge on any atom is -0.480 e. The Morgan fingerprint density at radius 2 is 2.31 bits per heavy atom. The van der Waals surface area contributed by atoms with E-state index < -0.39 is 22.0 Å². The average molecular weight is 225 g/mol. The van der Waals surface area contributed by atoms with Crippen LogP contribution in [-0.2, 0) is 14.8 Å². The molecule has 1 atom stereocenters. The van der Waals surface area contributed by atoms with Crippen molar-refractivity contribution < 1.29 is 18.3 Å². The molecule has 1 rings (SSSR count). The number of hydrogen-bond donors (Lipinski definition) is 1. The first kappa shape index (κ1) is 10.8. The molecule has 0 aromatic rings. The molecule has 7 heteroatoms. The van der Waals surface area contributed by atoms with Gasteiger partial charge in [0.05, 0.1) is 11.6 Å². The highest BCUT2D eigenvalue weighted by atomic mass is 32.2. The van der Waals surface area contributed by atoms with Gasteiger partial charge in [-0.05, 0) is 6.92 Å². The Balaban J connectivity index is 2.86. The van der Waals surface area contributed by atoms with E-state index in [1.165, 1.54) is 18.7 Å². The van der Waals surface area contributed by atoms with E-state index in [1.54, 1.807) is 0 Å². The Hall–Kier alpha value is -0.270. The van der Waals surface area contributed by atoms with Gasteiger partial charge in [0, 0.05) is 5.75 Å². The van der Waals surface area contributed by atoms with Crippen LogP contribution in [0.2, 0.25) is 0 Å². The number of nitrogens with zero attached hydrogens (tertiary/aromatic N) is 1. The third kappa shape index (κ3) is 2.15. The molecule has 0 amide bonds. The first-order valence-corrected chi connectivity index (χ1v) is 6.55. The second-order valence-electron chi connectivity index (χ2n) is 2.64. The molecule has 0 unspecified atom stereocenters. The van der Waals surface area contributed by atoms with E-state index in [1.807, 2.05) is 0 Å². The summed E-state index contributed by atoms with van der Waals surface area (Å²) in [5.74, 6) is -0.513. The predicted molar refractivity (Wildman–Crippen MR) is 50.0 cm³/mol. The second-order valence-corrected chi connectivity index (χ2v) is 5.85. The molecule has 5 nitrogen and oxygen atoms in total.